The summed E-state index contributed by atoms with van der Waals surface area (Å²) in [6, 6.07) is 8.23. The van der Waals surface area contributed by atoms with Gasteiger partial charge in [-0.15, -0.1) is 11.3 Å². The van der Waals surface area contributed by atoms with Crippen molar-refractivity contribution in [2.45, 2.75) is 19.9 Å². The van der Waals surface area contributed by atoms with Crippen molar-refractivity contribution in [1.82, 2.24) is 9.55 Å². The number of imidazole rings is 1. The van der Waals surface area contributed by atoms with Crippen LogP contribution >= 0.6 is 27.3 Å². The van der Waals surface area contributed by atoms with Crippen molar-refractivity contribution >= 4 is 44.2 Å². The second kappa shape index (κ2) is 4.98. The fourth-order valence-electron chi connectivity index (χ4n) is 2.25. The van der Waals surface area contributed by atoms with Crippen LogP contribution in [-0.4, -0.2) is 9.55 Å². The number of nitrogen functional groups attached to an aromatic ring is 1. The van der Waals surface area contributed by atoms with E-state index in [9.17, 15) is 0 Å². The van der Waals surface area contributed by atoms with Crippen LogP contribution in [0, 0.1) is 0 Å². The van der Waals surface area contributed by atoms with E-state index >= 15 is 0 Å². The van der Waals surface area contributed by atoms with Crippen molar-refractivity contribution in [1.29, 1.82) is 0 Å². The Hall–Kier alpha value is -1.33. The summed E-state index contributed by atoms with van der Waals surface area (Å²) in [4.78, 5) is 5.77. The molecule has 1 aromatic carbocycles. The molecule has 0 aliphatic carbocycles. The minimum absolute atomic E-state index is 0.573. The van der Waals surface area contributed by atoms with Gasteiger partial charge in [-0.2, -0.15) is 0 Å². The lowest BCUT2D eigenvalue weighted by Crippen LogP contribution is -2.04. The number of anilines is 1. The first-order valence-electron chi connectivity index (χ1n) is 6.15. The summed E-state index contributed by atoms with van der Waals surface area (Å²) in [5.74, 6) is 0.573. The number of rotatable bonds is 3. The fraction of sp³-hybridized carbons (Fsp3) is 0.214. The minimum Gasteiger partial charge on any atom is -0.369 e. The zero-order chi connectivity index (χ0) is 13.4. The van der Waals surface area contributed by atoms with E-state index in [0.717, 1.165) is 28.5 Å². The van der Waals surface area contributed by atoms with Crippen LogP contribution in [0.4, 0.5) is 5.95 Å². The number of hydrogen-bond donors (Lipinski definition) is 1. The molecule has 3 nitrogen and oxygen atoms in total. The monoisotopic (exact) mass is 335 g/mol. The van der Waals surface area contributed by atoms with Gasteiger partial charge in [0.1, 0.15) is 0 Å². The molecule has 0 spiro atoms. The zero-order valence-corrected chi connectivity index (χ0v) is 13.0. The highest BCUT2D eigenvalue weighted by Gasteiger charge is 2.11. The van der Waals surface area contributed by atoms with Crippen LogP contribution in [0.3, 0.4) is 0 Å². The molecule has 0 aliphatic rings. The Morgan fingerprint density at radius 1 is 1.37 bits per heavy atom. The van der Waals surface area contributed by atoms with Crippen molar-refractivity contribution in [2.24, 2.45) is 0 Å². The van der Waals surface area contributed by atoms with E-state index in [4.69, 9.17) is 5.73 Å². The molecule has 0 amide bonds. The first-order chi connectivity index (χ1) is 9.19. The Morgan fingerprint density at radius 3 is 3.00 bits per heavy atom. The first kappa shape index (κ1) is 12.7. The maximum Gasteiger partial charge on any atom is 0.201 e. The van der Waals surface area contributed by atoms with E-state index in [0.29, 0.717) is 5.95 Å². The Balaban J connectivity index is 2.09. The molecule has 2 heterocycles. The summed E-state index contributed by atoms with van der Waals surface area (Å²) in [6.45, 7) is 2.97. The van der Waals surface area contributed by atoms with E-state index in [2.05, 4.69) is 49.9 Å². The SMILES string of the molecule is CCc1ccsc1Cn1c(N)nc2ccc(Br)cc21. The summed E-state index contributed by atoms with van der Waals surface area (Å²) in [6.07, 6.45) is 1.05. The average molecular weight is 336 g/mol. The van der Waals surface area contributed by atoms with Gasteiger partial charge in [-0.25, -0.2) is 4.98 Å². The Bertz CT molecular complexity index is 729. The van der Waals surface area contributed by atoms with Crippen molar-refractivity contribution in [3.05, 3.63) is 44.6 Å². The van der Waals surface area contributed by atoms with Gasteiger partial charge in [0.2, 0.25) is 5.95 Å². The zero-order valence-electron chi connectivity index (χ0n) is 10.6. The van der Waals surface area contributed by atoms with Crippen LogP contribution in [0.15, 0.2) is 34.1 Å². The highest BCUT2D eigenvalue weighted by atomic mass is 79.9. The van der Waals surface area contributed by atoms with Crippen molar-refractivity contribution in [3.63, 3.8) is 0 Å². The molecular weight excluding hydrogens is 322 g/mol. The van der Waals surface area contributed by atoms with Gasteiger partial charge in [0.05, 0.1) is 17.6 Å². The summed E-state index contributed by atoms with van der Waals surface area (Å²) < 4.78 is 3.12. The smallest absolute Gasteiger partial charge is 0.201 e. The number of fused-ring (bicyclic) bond motifs is 1. The molecule has 0 atom stereocenters. The van der Waals surface area contributed by atoms with E-state index in [1.54, 1.807) is 11.3 Å². The highest BCUT2D eigenvalue weighted by Crippen LogP contribution is 2.26. The quantitative estimate of drug-likeness (QED) is 0.784. The van der Waals surface area contributed by atoms with Crippen LogP contribution in [0.5, 0.6) is 0 Å². The lowest BCUT2D eigenvalue weighted by atomic mass is 10.2. The second-order valence-corrected chi connectivity index (χ2v) is 6.33. The molecule has 0 aliphatic heterocycles. The van der Waals surface area contributed by atoms with Crippen LogP contribution in [0.25, 0.3) is 11.0 Å². The van der Waals surface area contributed by atoms with E-state index in [1.807, 2.05) is 12.1 Å². The van der Waals surface area contributed by atoms with Crippen LogP contribution in [0.1, 0.15) is 17.4 Å². The molecule has 0 radical (unpaired) electrons. The molecule has 19 heavy (non-hydrogen) atoms. The summed E-state index contributed by atoms with van der Waals surface area (Å²) in [5.41, 5.74) is 9.45. The van der Waals surface area contributed by atoms with Crippen LogP contribution < -0.4 is 5.73 Å². The molecule has 0 saturated heterocycles. The Morgan fingerprint density at radius 2 is 2.21 bits per heavy atom. The summed E-state index contributed by atoms with van der Waals surface area (Å²) in [7, 11) is 0. The molecule has 2 aromatic heterocycles. The lowest BCUT2D eigenvalue weighted by Gasteiger charge is -2.07. The van der Waals surface area contributed by atoms with Gasteiger partial charge in [0.15, 0.2) is 0 Å². The van der Waals surface area contributed by atoms with Crippen molar-refractivity contribution in [3.8, 4) is 0 Å². The molecule has 0 fully saturated rings. The van der Waals surface area contributed by atoms with Gasteiger partial charge in [0, 0.05) is 9.35 Å². The van der Waals surface area contributed by atoms with Gasteiger partial charge in [-0.1, -0.05) is 22.9 Å². The number of aromatic nitrogens is 2. The maximum atomic E-state index is 6.05. The molecule has 98 valence electrons. The Kier molecular flexibility index (Phi) is 3.33. The normalized spacial score (nSPS) is 11.3. The van der Waals surface area contributed by atoms with Gasteiger partial charge in [0.25, 0.3) is 0 Å². The fourth-order valence-corrected chi connectivity index (χ4v) is 3.56. The number of thiophene rings is 1. The molecule has 2 N–H and O–H groups in total. The number of nitrogens with two attached hydrogens (primary N) is 1. The number of benzene rings is 1. The number of hydrogen-bond acceptors (Lipinski definition) is 3. The third-order valence-corrected chi connectivity index (χ3v) is 4.70. The largest absolute Gasteiger partial charge is 0.369 e. The third kappa shape index (κ3) is 2.28. The lowest BCUT2D eigenvalue weighted by molar-refractivity contribution is 0.841. The number of halogens is 1. The first-order valence-corrected chi connectivity index (χ1v) is 7.83. The van der Waals surface area contributed by atoms with Crippen LogP contribution in [-0.2, 0) is 13.0 Å². The van der Waals surface area contributed by atoms with Crippen molar-refractivity contribution < 1.29 is 0 Å². The van der Waals surface area contributed by atoms with Gasteiger partial charge >= 0.3 is 0 Å². The highest BCUT2D eigenvalue weighted by molar-refractivity contribution is 9.10. The molecule has 0 bridgehead atoms. The number of aryl methyl sites for hydroxylation is 1. The molecule has 3 rings (SSSR count). The average Bonchev–Trinajstić information content (AvgIpc) is 2.96. The van der Waals surface area contributed by atoms with Gasteiger partial charge in [-0.3, -0.25) is 0 Å². The van der Waals surface area contributed by atoms with E-state index in [1.165, 1.54) is 10.4 Å². The molecular formula is C14H14BrN3S. The summed E-state index contributed by atoms with van der Waals surface area (Å²) in [5, 5.41) is 2.14. The van der Waals surface area contributed by atoms with E-state index in [-0.39, 0.29) is 0 Å². The third-order valence-electron chi connectivity index (χ3n) is 3.26. The second-order valence-electron chi connectivity index (χ2n) is 4.41. The predicted octanol–water partition coefficient (Wildman–Crippen LogP) is 4.05. The van der Waals surface area contributed by atoms with Crippen molar-refractivity contribution in [2.75, 3.05) is 5.73 Å². The standard InChI is InChI=1S/C14H14BrN3S/c1-2-9-5-6-19-13(9)8-18-12-7-10(15)3-4-11(12)17-14(18)16/h3-7H,2,8H2,1H3,(H2,16,17). The van der Waals surface area contributed by atoms with Gasteiger partial charge < -0.3 is 10.3 Å². The maximum absolute atomic E-state index is 6.05. The molecule has 3 aromatic rings. The van der Waals surface area contributed by atoms with E-state index < -0.39 is 0 Å². The predicted molar refractivity (Wildman–Crippen MR) is 84.6 cm³/mol. The summed E-state index contributed by atoms with van der Waals surface area (Å²) >= 11 is 5.28. The van der Waals surface area contributed by atoms with Crippen LogP contribution in [0.2, 0.25) is 0 Å². The molecule has 0 saturated carbocycles. The molecule has 0 unspecified atom stereocenters. The Labute approximate surface area is 124 Å². The van der Waals surface area contributed by atoms with Gasteiger partial charge in [-0.05, 0) is 41.6 Å². The number of nitrogens with zero attached hydrogens (tertiary/aromatic N) is 2. The topological polar surface area (TPSA) is 43.8 Å². The minimum atomic E-state index is 0.573. The molecule has 5 heteroatoms.